The molecule has 0 spiro atoms. The fraction of sp³-hybridized carbons (Fsp3) is 0.294. The Morgan fingerprint density at radius 1 is 1.26 bits per heavy atom. The van der Waals surface area contributed by atoms with Crippen molar-refractivity contribution in [1.82, 2.24) is 34.7 Å². The predicted molar refractivity (Wildman–Crippen MR) is 102 cm³/mol. The van der Waals surface area contributed by atoms with Crippen molar-refractivity contribution in [1.29, 1.82) is 0 Å². The van der Waals surface area contributed by atoms with Crippen molar-refractivity contribution < 1.29 is 4.79 Å². The summed E-state index contributed by atoms with van der Waals surface area (Å²) in [5.74, 6) is 0.222. The van der Waals surface area contributed by atoms with Gasteiger partial charge in [-0.1, -0.05) is 6.92 Å². The summed E-state index contributed by atoms with van der Waals surface area (Å²) in [5, 5.41) is 18.4. The molecule has 0 unspecified atom stereocenters. The molecule has 1 N–H and O–H groups in total. The Balaban J connectivity index is 1.49. The van der Waals surface area contributed by atoms with Crippen molar-refractivity contribution in [2.45, 2.75) is 33.4 Å². The third-order valence-electron chi connectivity index (χ3n) is 3.99. The molecule has 0 aromatic carbocycles. The zero-order valence-electron chi connectivity index (χ0n) is 15.0. The molecule has 4 aromatic rings. The zero-order chi connectivity index (χ0) is 18.8. The van der Waals surface area contributed by atoms with Gasteiger partial charge in [-0.2, -0.15) is 15.0 Å². The van der Waals surface area contributed by atoms with Crippen LogP contribution in [0.15, 0.2) is 30.3 Å². The van der Waals surface area contributed by atoms with E-state index in [9.17, 15) is 4.79 Å². The Kier molecular flexibility index (Phi) is 4.63. The van der Waals surface area contributed by atoms with E-state index >= 15 is 0 Å². The molecule has 4 heterocycles. The van der Waals surface area contributed by atoms with Gasteiger partial charge < -0.3 is 5.32 Å². The molecule has 0 fully saturated rings. The van der Waals surface area contributed by atoms with Gasteiger partial charge in [0, 0.05) is 17.1 Å². The van der Waals surface area contributed by atoms with Gasteiger partial charge >= 0.3 is 0 Å². The molecule has 0 bridgehead atoms. The lowest BCUT2D eigenvalue weighted by molar-refractivity contribution is -0.116. The minimum atomic E-state index is -0.215. The largest absolute Gasteiger partial charge is 0.306 e. The Hall–Kier alpha value is -3.14. The van der Waals surface area contributed by atoms with Crippen LogP contribution in [0.5, 0.6) is 0 Å². The van der Waals surface area contributed by atoms with Crippen molar-refractivity contribution in [2.24, 2.45) is 0 Å². The monoisotopic (exact) mass is 382 g/mol. The highest BCUT2D eigenvalue weighted by atomic mass is 32.1. The molecule has 1 amide bonds. The standard InChI is InChI=1S/C17H18N8OS/c1-3-4-25-21-6-13(23-25)22-14(26)8-24-7-12(5-20-24)16-15-11(2)9-27-17(15)19-10-18-16/h5-7,9-10H,3-4,8H2,1-2H3,(H,22,23,26). The summed E-state index contributed by atoms with van der Waals surface area (Å²) >= 11 is 1.59. The maximum absolute atomic E-state index is 12.2. The smallest absolute Gasteiger partial charge is 0.247 e. The van der Waals surface area contributed by atoms with E-state index in [0.29, 0.717) is 12.4 Å². The third kappa shape index (κ3) is 3.56. The molecule has 0 aliphatic rings. The van der Waals surface area contributed by atoms with E-state index in [1.54, 1.807) is 39.5 Å². The second kappa shape index (κ2) is 7.23. The Bertz CT molecular complexity index is 1100. The van der Waals surface area contributed by atoms with Crippen LogP contribution < -0.4 is 5.32 Å². The van der Waals surface area contributed by atoms with Gasteiger partial charge in [0.2, 0.25) is 5.91 Å². The highest BCUT2D eigenvalue weighted by Crippen LogP contribution is 2.31. The van der Waals surface area contributed by atoms with E-state index < -0.39 is 0 Å². The molecular weight excluding hydrogens is 364 g/mol. The van der Waals surface area contributed by atoms with E-state index in [4.69, 9.17) is 0 Å². The molecule has 27 heavy (non-hydrogen) atoms. The number of hydrogen-bond acceptors (Lipinski definition) is 7. The lowest BCUT2D eigenvalue weighted by atomic mass is 10.1. The van der Waals surface area contributed by atoms with E-state index in [0.717, 1.165) is 33.5 Å². The van der Waals surface area contributed by atoms with Gasteiger partial charge in [-0.25, -0.2) is 9.97 Å². The number of nitrogens with zero attached hydrogens (tertiary/aromatic N) is 7. The van der Waals surface area contributed by atoms with Crippen LogP contribution in [0.4, 0.5) is 5.82 Å². The van der Waals surface area contributed by atoms with Crippen molar-refractivity contribution in [3.05, 3.63) is 35.9 Å². The minimum Gasteiger partial charge on any atom is -0.306 e. The molecule has 0 aliphatic heterocycles. The summed E-state index contributed by atoms with van der Waals surface area (Å²) in [5.41, 5.74) is 2.81. The van der Waals surface area contributed by atoms with Crippen LogP contribution >= 0.6 is 11.3 Å². The van der Waals surface area contributed by atoms with E-state index in [2.05, 4.69) is 36.0 Å². The van der Waals surface area contributed by atoms with E-state index in [1.165, 1.54) is 0 Å². The first-order chi connectivity index (χ1) is 13.1. The summed E-state index contributed by atoms with van der Waals surface area (Å²) in [6.07, 6.45) is 7.55. The number of rotatable bonds is 6. The van der Waals surface area contributed by atoms with Gasteiger partial charge in [0.15, 0.2) is 5.82 Å². The van der Waals surface area contributed by atoms with Gasteiger partial charge in [0.25, 0.3) is 0 Å². The minimum absolute atomic E-state index is 0.0808. The summed E-state index contributed by atoms with van der Waals surface area (Å²) in [6, 6.07) is 0. The SMILES string of the molecule is CCCn1ncc(NC(=O)Cn2cc(-c3ncnc4scc(C)c34)cn2)n1. The van der Waals surface area contributed by atoms with Crippen molar-refractivity contribution in [2.75, 3.05) is 5.32 Å². The molecule has 10 heteroatoms. The van der Waals surface area contributed by atoms with Crippen molar-refractivity contribution in [3.8, 4) is 11.3 Å². The van der Waals surface area contributed by atoms with Crippen LogP contribution in [0.1, 0.15) is 18.9 Å². The third-order valence-corrected chi connectivity index (χ3v) is 5.00. The average molecular weight is 382 g/mol. The van der Waals surface area contributed by atoms with Crippen molar-refractivity contribution >= 4 is 33.3 Å². The fourth-order valence-corrected chi connectivity index (χ4v) is 3.69. The first kappa shape index (κ1) is 17.3. The van der Waals surface area contributed by atoms with Crippen LogP contribution in [0.25, 0.3) is 21.5 Å². The maximum atomic E-state index is 12.2. The van der Waals surface area contributed by atoms with Crippen molar-refractivity contribution in [3.63, 3.8) is 0 Å². The number of carbonyl (C=O) groups is 1. The van der Waals surface area contributed by atoms with E-state index in [-0.39, 0.29) is 12.5 Å². The Morgan fingerprint density at radius 3 is 3.00 bits per heavy atom. The number of aromatic nitrogens is 7. The van der Waals surface area contributed by atoms with E-state index in [1.807, 2.05) is 20.0 Å². The van der Waals surface area contributed by atoms with Crippen LogP contribution in [0.2, 0.25) is 0 Å². The molecule has 4 aromatic heterocycles. The lowest BCUT2D eigenvalue weighted by Crippen LogP contribution is -2.19. The van der Waals surface area contributed by atoms with Gasteiger partial charge in [-0.15, -0.1) is 16.4 Å². The number of anilines is 1. The number of nitrogens with one attached hydrogen (secondary N) is 1. The second-order valence-corrected chi connectivity index (χ2v) is 6.98. The van der Waals surface area contributed by atoms with Gasteiger partial charge in [0.05, 0.1) is 24.6 Å². The summed E-state index contributed by atoms with van der Waals surface area (Å²) < 4.78 is 1.58. The van der Waals surface area contributed by atoms with Gasteiger partial charge in [-0.3, -0.25) is 9.48 Å². The summed E-state index contributed by atoms with van der Waals surface area (Å²) in [7, 11) is 0. The average Bonchev–Trinajstić information content (AvgIpc) is 3.37. The molecule has 0 saturated carbocycles. The zero-order valence-corrected chi connectivity index (χ0v) is 15.8. The molecule has 4 rings (SSSR count). The maximum Gasteiger partial charge on any atom is 0.247 e. The topological polar surface area (TPSA) is 103 Å². The Labute approximate surface area is 159 Å². The van der Waals surface area contributed by atoms with Crippen LogP contribution in [-0.2, 0) is 17.9 Å². The van der Waals surface area contributed by atoms with Gasteiger partial charge in [-0.05, 0) is 24.3 Å². The number of thiophene rings is 1. The first-order valence-corrected chi connectivity index (χ1v) is 9.43. The summed E-state index contributed by atoms with van der Waals surface area (Å²) in [4.78, 5) is 23.5. The fourth-order valence-electron chi connectivity index (χ4n) is 2.80. The number of fused-ring (bicyclic) bond motifs is 1. The highest BCUT2D eigenvalue weighted by molar-refractivity contribution is 7.17. The van der Waals surface area contributed by atoms with Crippen LogP contribution in [0.3, 0.4) is 0 Å². The number of aryl methyl sites for hydroxylation is 2. The quantitative estimate of drug-likeness (QED) is 0.549. The normalized spacial score (nSPS) is 11.2. The lowest BCUT2D eigenvalue weighted by Gasteiger charge is -2.02. The summed E-state index contributed by atoms with van der Waals surface area (Å²) in [6.45, 7) is 4.88. The number of hydrogen-bond donors (Lipinski definition) is 1. The number of amides is 1. The molecule has 9 nitrogen and oxygen atoms in total. The number of carbonyl (C=O) groups excluding carboxylic acids is 1. The molecule has 0 aliphatic carbocycles. The second-order valence-electron chi connectivity index (χ2n) is 6.12. The Morgan fingerprint density at radius 2 is 2.15 bits per heavy atom. The first-order valence-electron chi connectivity index (χ1n) is 8.55. The molecular formula is C17H18N8OS. The van der Waals surface area contributed by atoms with Crippen LogP contribution in [-0.4, -0.2) is 40.6 Å². The molecule has 0 radical (unpaired) electrons. The molecule has 138 valence electrons. The predicted octanol–water partition coefficient (Wildman–Crippen LogP) is 2.50. The van der Waals surface area contributed by atoms with Gasteiger partial charge in [0.1, 0.15) is 17.7 Å². The molecule has 0 atom stereocenters. The highest BCUT2D eigenvalue weighted by Gasteiger charge is 2.13. The molecule has 0 saturated heterocycles. The van der Waals surface area contributed by atoms with Crippen LogP contribution in [0, 0.1) is 6.92 Å².